The molecule has 0 radical (unpaired) electrons. The van der Waals surface area contributed by atoms with E-state index in [0.29, 0.717) is 37.0 Å². The predicted octanol–water partition coefficient (Wildman–Crippen LogP) is 3.75. The van der Waals surface area contributed by atoms with Crippen molar-refractivity contribution in [3.8, 4) is 11.5 Å². The van der Waals surface area contributed by atoms with Gasteiger partial charge in [0, 0.05) is 33.6 Å². The number of rotatable bonds is 8. The lowest BCUT2D eigenvalue weighted by molar-refractivity contribution is -0.135. The molecule has 0 aromatic heterocycles. The van der Waals surface area contributed by atoms with E-state index in [0.717, 1.165) is 11.1 Å². The number of nitrogens with one attached hydrogen (secondary N) is 1. The molecule has 26 heavy (non-hydrogen) atoms. The Morgan fingerprint density at radius 2 is 1.77 bits per heavy atom. The van der Waals surface area contributed by atoms with E-state index < -0.39 is 12.6 Å². The van der Waals surface area contributed by atoms with Gasteiger partial charge in [-0.15, -0.1) is 0 Å². The summed E-state index contributed by atoms with van der Waals surface area (Å²) in [6.45, 7) is 3.00. The zero-order valence-electron chi connectivity index (χ0n) is 16.0. The monoisotopic (exact) mass is 375 g/mol. The Morgan fingerprint density at radius 3 is 2.31 bits per heavy atom. The highest BCUT2D eigenvalue weighted by Gasteiger charge is 2.25. The Balaban J connectivity index is 2.63. The molecule has 0 fully saturated rings. The highest BCUT2D eigenvalue weighted by atomic mass is 19.4. The van der Waals surface area contributed by atoms with Crippen molar-refractivity contribution in [1.29, 1.82) is 0 Å². The van der Waals surface area contributed by atoms with Crippen molar-refractivity contribution in [2.24, 2.45) is 4.99 Å². The molecule has 0 bridgehead atoms. The molecule has 0 heterocycles. The molecule has 148 valence electrons. The van der Waals surface area contributed by atoms with Gasteiger partial charge in [0.1, 0.15) is 0 Å². The van der Waals surface area contributed by atoms with Crippen LogP contribution >= 0.6 is 0 Å². The van der Waals surface area contributed by atoms with Gasteiger partial charge in [-0.2, -0.15) is 13.2 Å². The van der Waals surface area contributed by atoms with Crippen LogP contribution in [0.1, 0.15) is 30.4 Å². The van der Waals surface area contributed by atoms with Crippen molar-refractivity contribution < 1.29 is 22.6 Å². The molecule has 1 rings (SSSR count). The Labute approximate surface area is 153 Å². The molecular weight excluding hydrogens is 347 g/mol. The number of aliphatic imine (C=N–C) groups is 1. The fraction of sp³-hybridized carbons (Fsp3) is 0.611. The van der Waals surface area contributed by atoms with Crippen LogP contribution in [0.5, 0.6) is 11.5 Å². The van der Waals surface area contributed by atoms with E-state index in [1.165, 1.54) is 0 Å². The van der Waals surface area contributed by atoms with Crippen LogP contribution in [0.3, 0.4) is 0 Å². The van der Waals surface area contributed by atoms with Crippen LogP contribution in [0, 0.1) is 6.92 Å². The number of alkyl halides is 3. The summed E-state index contributed by atoms with van der Waals surface area (Å²) in [6, 6.07) is 3.83. The minimum atomic E-state index is -4.09. The average Bonchev–Trinajstić information content (AvgIpc) is 2.58. The maximum Gasteiger partial charge on any atom is 0.389 e. The van der Waals surface area contributed by atoms with Crippen molar-refractivity contribution in [3.05, 3.63) is 23.3 Å². The van der Waals surface area contributed by atoms with Gasteiger partial charge in [0.15, 0.2) is 17.5 Å². The van der Waals surface area contributed by atoms with Gasteiger partial charge in [0.2, 0.25) is 0 Å². The topological polar surface area (TPSA) is 46.1 Å². The third kappa shape index (κ3) is 7.01. The van der Waals surface area contributed by atoms with Gasteiger partial charge in [-0.05, 0) is 43.0 Å². The number of ether oxygens (including phenoxy) is 2. The van der Waals surface area contributed by atoms with Crippen molar-refractivity contribution in [2.45, 2.75) is 38.9 Å². The van der Waals surface area contributed by atoms with E-state index in [1.54, 1.807) is 21.3 Å². The predicted molar refractivity (Wildman–Crippen MR) is 97.0 cm³/mol. The molecule has 5 nitrogen and oxygen atoms in total. The van der Waals surface area contributed by atoms with Crippen LogP contribution < -0.4 is 14.8 Å². The second kappa shape index (κ2) is 10.1. The summed E-state index contributed by atoms with van der Waals surface area (Å²) in [5, 5.41) is 3.10. The smallest absolute Gasteiger partial charge is 0.389 e. The van der Waals surface area contributed by atoms with Gasteiger partial charge in [0.05, 0.1) is 14.2 Å². The van der Waals surface area contributed by atoms with Crippen molar-refractivity contribution in [2.75, 3.05) is 34.9 Å². The molecule has 0 atom stereocenters. The summed E-state index contributed by atoms with van der Waals surface area (Å²) in [5.41, 5.74) is 2.10. The van der Waals surface area contributed by atoms with Crippen LogP contribution in [0.4, 0.5) is 13.2 Å². The zero-order valence-corrected chi connectivity index (χ0v) is 16.0. The molecule has 1 aromatic rings. The molecule has 0 spiro atoms. The lowest BCUT2D eigenvalue weighted by Crippen LogP contribution is -2.39. The molecule has 1 aromatic carbocycles. The number of methoxy groups -OCH3 is 2. The Hall–Kier alpha value is -2.12. The van der Waals surface area contributed by atoms with Crippen LogP contribution in [0.2, 0.25) is 0 Å². The number of aryl methyl sites for hydroxylation is 1. The number of benzene rings is 1. The number of halogens is 3. The number of guanidine groups is 1. The molecule has 0 aliphatic heterocycles. The number of hydrogen-bond acceptors (Lipinski definition) is 3. The Bertz CT molecular complexity index is 604. The third-order valence-corrected chi connectivity index (χ3v) is 3.99. The summed E-state index contributed by atoms with van der Waals surface area (Å²) in [4.78, 5) is 6.10. The minimum absolute atomic E-state index is 0.103. The highest BCUT2D eigenvalue weighted by molar-refractivity contribution is 5.79. The van der Waals surface area contributed by atoms with Crippen LogP contribution in [0.15, 0.2) is 17.1 Å². The quantitative estimate of drug-likeness (QED) is 0.427. The van der Waals surface area contributed by atoms with E-state index in [-0.39, 0.29) is 6.42 Å². The second-order valence-corrected chi connectivity index (χ2v) is 6.04. The molecular formula is C18H28F3N3O2. The van der Waals surface area contributed by atoms with Gasteiger partial charge in [-0.1, -0.05) is 0 Å². The molecule has 8 heteroatoms. The van der Waals surface area contributed by atoms with Gasteiger partial charge >= 0.3 is 6.18 Å². The SMILES string of the molecule is CN=C(NCCCCC(F)(F)F)N(C)Cc1cc(OC)c(OC)cc1C. The molecule has 0 aliphatic rings. The summed E-state index contributed by atoms with van der Waals surface area (Å²) in [7, 11) is 6.70. The first-order chi connectivity index (χ1) is 12.2. The lowest BCUT2D eigenvalue weighted by Gasteiger charge is -2.23. The first kappa shape index (κ1) is 21.9. The van der Waals surface area contributed by atoms with Crippen molar-refractivity contribution in [3.63, 3.8) is 0 Å². The van der Waals surface area contributed by atoms with E-state index >= 15 is 0 Å². The number of unbranched alkanes of at least 4 members (excludes halogenated alkanes) is 1. The largest absolute Gasteiger partial charge is 0.493 e. The number of nitrogens with zero attached hydrogens (tertiary/aromatic N) is 2. The summed E-state index contributed by atoms with van der Waals surface area (Å²) in [5.74, 6) is 1.95. The maximum absolute atomic E-state index is 12.2. The van der Waals surface area contributed by atoms with Gasteiger partial charge in [-0.3, -0.25) is 4.99 Å². The normalized spacial score (nSPS) is 12.1. The van der Waals surface area contributed by atoms with Gasteiger partial charge < -0.3 is 19.7 Å². The molecule has 0 aliphatic carbocycles. The van der Waals surface area contributed by atoms with Crippen molar-refractivity contribution in [1.82, 2.24) is 10.2 Å². The van der Waals surface area contributed by atoms with E-state index in [1.807, 2.05) is 31.0 Å². The van der Waals surface area contributed by atoms with E-state index in [2.05, 4.69) is 10.3 Å². The Morgan fingerprint density at radius 1 is 1.15 bits per heavy atom. The fourth-order valence-electron chi connectivity index (χ4n) is 2.56. The maximum atomic E-state index is 12.2. The molecule has 0 unspecified atom stereocenters. The van der Waals surface area contributed by atoms with Crippen LogP contribution in [0.25, 0.3) is 0 Å². The summed E-state index contributed by atoms with van der Waals surface area (Å²) >= 11 is 0. The van der Waals surface area contributed by atoms with Crippen molar-refractivity contribution >= 4 is 5.96 Å². The molecule has 0 saturated carbocycles. The summed E-state index contributed by atoms with van der Waals surface area (Å²) < 4.78 is 47.1. The van der Waals surface area contributed by atoms with Crippen LogP contribution in [-0.4, -0.2) is 51.9 Å². The first-order valence-electron chi connectivity index (χ1n) is 8.41. The van der Waals surface area contributed by atoms with Gasteiger partial charge in [0.25, 0.3) is 0 Å². The highest BCUT2D eigenvalue weighted by Crippen LogP contribution is 2.30. The average molecular weight is 375 g/mol. The van der Waals surface area contributed by atoms with E-state index in [9.17, 15) is 13.2 Å². The first-order valence-corrected chi connectivity index (χ1v) is 8.41. The van der Waals surface area contributed by atoms with Gasteiger partial charge in [-0.25, -0.2) is 0 Å². The van der Waals surface area contributed by atoms with Crippen LogP contribution in [-0.2, 0) is 6.54 Å². The molecule has 0 amide bonds. The second-order valence-electron chi connectivity index (χ2n) is 6.04. The standard InChI is InChI=1S/C18H28F3N3O2/c1-13-10-15(25-4)16(26-5)11-14(13)12-24(3)17(22-2)23-9-7-6-8-18(19,20)21/h10-11H,6-9,12H2,1-5H3,(H,22,23). The number of hydrogen-bond donors (Lipinski definition) is 1. The minimum Gasteiger partial charge on any atom is -0.493 e. The molecule has 1 N–H and O–H groups in total. The summed E-state index contributed by atoms with van der Waals surface area (Å²) in [6.07, 6.45) is -4.31. The molecule has 0 saturated heterocycles. The Kier molecular flexibility index (Phi) is 8.54. The fourth-order valence-corrected chi connectivity index (χ4v) is 2.56. The van der Waals surface area contributed by atoms with E-state index in [4.69, 9.17) is 9.47 Å². The third-order valence-electron chi connectivity index (χ3n) is 3.99. The zero-order chi connectivity index (χ0) is 19.7. The lowest BCUT2D eigenvalue weighted by atomic mass is 10.1.